The number of aliphatic hydroxyl groups is 1. The minimum absolute atomic E-state index is 0.309. The van der Waals surface area contributed by atoms with Crippen molar-refractivity contribution < 1.29 is 9.84 Å². The van der Waals surface area contributed by atoms with E-state index in [-0.39, 0.29) is 0 Å². The summed E-state index contributed by atoms with van der Waals surface area (Å²) < 4.78 is 4.80. The topological polar surface area (TPSA) is 32.7 Å². The second kappa shape index (κ2) is 4.81. The highest BCUT2D eigenvalue weighted by atomic mass is 32.1. The van der Waals surface area contributed by atoms with Gasteiger partial charge in [0, 0.05) is 32.0 Å². The molecule has 0 saturated carbocycles. The SMILES string of the molecule is CN(C)c1ccc(COC(O)=S)cc1. The lowest BCUT2D eigenvalue weighted by Crippen LogP contribution is -2.08. The Kier molecular flexibility index (Phi) is 3.71. The van der Waals surface area contributed by atoms with E-state index in [1.807, 2.05) is 43.3 Å². The Morgan fingerprint density at radius 3 is 2.36 bits per heavy atom. The van der Waals surface area contributed by atoms with Gasteiger partial charge in [0.25, 0.3) is 0 Å². The van der Waals surface area contributed by atoms with Crippen LogP contribution in [-0.2, 0) is 11.3 Å². The molecule has 1 aromatic carbocycles. The largest absolute Gasteiger partial charge is 0.472 e. The number of hydrogen-bond acceptors (Lipinski definition) is 3. The first kappa shape index (κ1) is 10.8. The third-order valence-electron chi connectivity index (χ3n) is 1.82. The summed E-state index contributed by atoms with van der Waals surface area (Å²) in [5.41, 5.74) is 2.10. The van der Waals surface area contributed by atoms with E-state index in [1.165, 1.54) is 0 Å². The molecule has 76 valence electrons. The van der Waals surface area contributed by atoms with E-state index < -0.39 is 5.24 Å². The maximum Gasteiger partial charge on any atom is 0.350 e. The Balaban J connectivity index is 2.59. The van der Waals surface area contributed by atoms with Gasteiger partial charge in [-0.2, -0.15) is 0 Å². The van der Waals surface area contributed by atoms with Crippen molar-refractivity contribution >= 4 is 23.1 Å². The van der Waals surface area contributed by atoms with Crippen LogP contribution in [0.3, 0.4) is 0 Å². The van der Waals surface area contributed by atoms with Crippen LogP contribution in [0, 0.1) is 0 Å². The molecule has 14 heavy (non-hydrogen) atoms. The van der Waals surface area contributed by atoms with Crippen LogP contribution in [0.4, 0.5) is 5.69 Å². The summed E-state index contributed by atoms with van der Waals surface area (Å²) in [6.45, 7) is 0.309. The fourth-order valence-electron chi connectivity index (χ4n) is 1.04. The first-order valence-electron chi connectivity index (χ1n) is 4.21. The summed E-state index contributed by atoms with van der Waals surface area (Å²) in [6, 6.07) is 7.85. The molecule has 0 radical (unpaired) electrons. The zero-order valence-electron chi connectivity index (χ0n) is 8.23. The maximum absolute atomic E-state index is 8.66. The van der Waals surface area contributed by atoms with E-state index >= 15 is 0 Å². The van der Waals surface area contributed by atoms with Crippen LogP contribution >= 0.6 is 12.2 Å². The van der Waals surface area contributed by atoms with E-state index in [0.717, 1.165) is 11.3 Å². The van der Waals surface area contributed by atoms with Crippen molar-refractivity contribution in [2.24, 2.45) is 0 Å². The molecule has 0 aliphatic rings. The summed E-state index contributed by atoms with van der Waals surface area (Å²) in [6.07, 6.45) is 0. The molecular formula is C10H13NO2S. The van der Waals surface area contributed by atoms with E-state index in [0.29, 0.717) is 6.61 Å². The molecule has 0 aliphatic heterocycles. The number of thiocarbonyl (C=S) groups is 1. The van der Waals surface area contributed by atoms with Gasteiger partial charge in [-0.15, -0.1) is 0 Å². The van der Waals surface area contributed by atoms with E-state index in [2.05, 4.69) is 12.2 Å². The molecule has 4 heteroatoms. The lowest BCUT2D eigenvalue weighted by Gasteiger charge is -2.12. The Morgan fingerprint density at radius 1 is 1.36 bits per heavy atom. The zero-order valence-corrected chi connectivity index (χ0v) is 9.04. The number of rotatable bonds is 3. The number of nitrogens with zero attached hydrogens (tertiary/aromatic N) is 1. The maximum atomic E-state index is 8.66. The Labute approximate surface area is 88.9 Å². The highest BCUT2D eigenvalue weighted by Gasteiger charge is 1.97. The number of benzene rings is 1. The first-order valence-corrected chi connectivity index (χ1v) is 4.62. The summed E-state index contributed by atoms with van der Waals surface area (Å²) in [5.74, 6) is 0. The molecular weight excluding hydrogens is 198 g/mol. The third-order valence-corrected chi connectivity index (χ3v) is 1.93. The van der Waals surface area contributed by atoms with Crippen molar-refractivity contribution in [3.05, 3.63) is 29.8 Å². The van der Waals surface area contributed by atoms with Gasteiger partial charge in [-0.3, -0.25) is 0 Å². The highest BCUT2D eigenvalue weighted by Crippen LogP contribution is 2.12. The van der Waals surface area contributed by atoms with Gasteiger partial charge in [-0.05, 0) is 17.7 Å². The van der Waals surface area contributed by atoms with Crippen molar-refractivity contribution in [1.82, 2.24) is 0 Å². The molecule has 1 N–H and O–H groups in total. The average Bonchev–Trinajstić information content (AvgIpc) is 2.15. The molecule has 0 aliphatic carbocycles. The van der Waals surface area contributed by atoms with Crippen molar-refractivity contribution in [3.63, 3.8) is 0 Å². The Morgan fingerprint density at radius 2 is 1.93 bits per heavy atom. The van der Waals surface area contributed by atoms with Crippen molar-refractivity contribution in [2.75, 3.05) is 19.0 Å². The monoisotopic (exact) mass is 211 g/mol. The second-order valence-electron chi connectivity index (χ2n) is 3.12. The third kappa shape index (κ3) is 3.22. The Bertz CT molecular complexity index is 308. The average molecular weight is 211 g/mol. The minimum atomic E-state index is -0.415. The van der Waals surface area contributed by atoms with Gasteiger partial charge in [0.15, 0.2) is 0 Å². The predicted octanol–water partition coefficient (Wildman–Crippen LogP) is 2.11. The van der Waals surface area contributed by atoms with Gasteiger partial charge in [0.2, 0.25) is 0 Å². The lowest BCUT2D eigenvalue weighted by molar-refractivity contribution is 0.230. The summed E-state index contributed by atoms with van der Waals surface area (Å²) in [7, 11) is 3.96. The minimum Gasteiger partial charge on any atom is -0.472 e. The highest BCUT2D eigenvalue weighted by molar-refractivity contribution is 7.79. The van der Waals surface area contributed by atoms with Crippen LogP contribution in [0.5, 0.6) is 0 Å². The van der Waals surface area contributed by atoms with Crippen LogP contribution in [0.15, 0.2) is 24.3 Å². The molecule has 0 fully saturated rings. The molecule has 0 bridgehead atoms. The van der Waals surface area contributed by atoms with E-state index in [4.69, 9.17) is 9.84 Å². The standard InChI is InChI=1S/C10H13NO2S/c1-11(2)9-5-3-8(4-6-9)7-13-10(12)14/h3-6H,7H2,1-2H3,(H,12,14). The normalized spacial score (nSPS) is 9.57. The Hall–Kier alpha value is -1.29. The molecule has 0 amide bonds. The van der Waals surface area contributed by atoms with E-state index in [1.54, 1.807) is 0 Å². The van der Waals surface area contributed by atoms with Gasteiger partial charge >= 0.3 is 5.24 Å². The number of anilines is 1. The van der Waals surface area contributed by atoms with Crippen molar-refractivity contribution in [1.29, 1.82) is 0 Å². The van der Waals surface area contributed by atoms with Crippen LogP contribution in [-0.4, -0.2) is 24.4 Å². The molecule has 1 rings (SSSR count). The van der Waals surface area contributed by atoms with Crippen LogP contribution < -0.4 is 4.90 Å². The fourth-order valence-corrected chi connectivity index (χ4v) is 1.09. The van der Waals surface area contributed by atoms with Crippen molar-refractivity contribution in [3.8, 4) is 0 Å². The quantitative estimate of drug-likeness (QED) is 0.776. The molecule has 0 saturated heterocycles. The second-order valence-corrected chi connectivity index (χ2v) is 3.46. The summed E-state index contributed by atoms with van der Waals surface area (Å²) >= 11 is 4.39. The van der Waals surface area contributed by atoms with Gasteiger partial charge in [-0.1, -0.05) is 12.1 Å². The van der Waals surface area contributed by atoms with Crippen LogP contribution in [0.1, 0.15) is 5.56 Å². The number of ether oxygens (including phenoxy) is 1. The van der Waals surface area contributed by atoms with Crippen molar-refractivity contribution in [2.45, 2.75) is 6.61 Å². The molecule has 0 aromatic heterocycles. The predicted molar refractivity (Wildman–Crippen MR) is 60.8 cm³/mol. The number of hydrogen-bond donors (Lipinski definition) is 1. The van der Waals surface area contributed by atoms with Crippen LogP contribution in [0.25, 0.3) is 0 Å². The first-order chi connectivity index (χ1) is 6.59. The van der Waals surface area contributed by atoms with Gasteiger partial charge in [0.1, 0.15) is 6.61 Å². The smallest absolute Gasteiger partial charge is 0.350 e. The summed E-state index contributed by atoms with van der Waals surface area (Å²) in [5, 5.41) is 8.24. The fraction of sp³-hybridized carbons (Fsp3) is 0.300. The molecule has 3 nitrogen and oxygen atoms in total. The van der Waals surface area contributed by atoms with E-state index in [9.17, 15) is 0 Å². The zero-order chi connectivity index (χ0) is 10.6. The van der Waals surface area contributed by atoms with Gasteiger partial charge < -0.3 is 14.7 Å². The van der Waals surface area contributed by atoms with Crippen LogP contribution in [0.2, 0.25) is 0 Å². The molecule has 0 unspecified atom stereocenters. The number of aliphatic hydroxyl groups excluding tert-OH is 1. The van der Waals surface area contributed by atoms with Gasteiger partial charge in [0.05, 0.1) is 0 Å². The molecule has 0 atom stereocenters. The lowest BCUT2D eigenvalue weighted by atomic mass is 10.2. The molecule has 0 heterocycles. The molecule has 1 aromatic rings. The summed E-state index contributed by atoms with van der Waals surface area (Å²) in [4.78, 5) is 2.02. The molecule has 0 spiro atoms. The van der Waals surface area contributed by atoms with Gasteiger partial charge in [-0.25, -0.2) is 0 Å².